The zero-order chi connectivity index (χ0) is 9.61. The van der Waals surface area contributed by atoms with E-state index >= 15 is 0 Å². The zero-order valence-corrected chi connectivity index (χ0v) is 8.43. The Kier molecular flexibility index (Phi) is 5.50. The van der Waals surface area contributed by atoms with Crippen LogP contribution in [0.4, 0.5) is 0 Å². The monoisotopic (exact) mass is 216 g/mol. The highest BCUT2D eigenvalue weighted by Gasteiger charge is 2.23. The fourth-order valence-corrected chi connectivity index (χ4v) is 1.11. The average Bonchev–Trinajstić information content (AvgIpc) is 2.13. The maximum atomic E-state index is 11.2. The summed E-state index contributed by atoms with van der Waals surface area (Å²) in [6, 6.07) is 0. The Bertz CT molecular complexity index is 186. The number of ether oxygens (including phenoxy) is 1. The van der Waals surface area contributed by atoms with Gasteiger partial charge >= 0.3 is 13.6 Å². The Morgan fingerprint density at radius 1 is 1.42 bits per heavy atom. The van der Waals surface area contributed by atoms with E-state index in [-0.39, 0.29) is 5.88 Å². The Morgan fingerprint density at radius 2 is 1.92 bits per heavy atom. The van der Waals surface area contributed by atoms with E-state index in [9.17, 15) is 9.36 Å². The molecule has 0 heterocycles. The molecule has 0 radical (unpaired) electrons. The number of hydrogen-bond donors (Lipinski definition) is 0. The second-order valence-corrected chi connectivity index (χ2v) is 4.23. The van der Waals surface area contributed by atoms with Gasteiger partial charge in [0.15, 0.2) is 6.35 Å². The van der Waals surface area contributed by atoms with Crippen molar-refractivity contribution >= 4 is 25.2 Å². The van der Waals surface area contributed by atoms with Gasteiger partial charge in [0.05, 0.1) is 0 Å². The van der Waals surface area contributed by atoms with Crippen molar-refractivity contribution in [1.82, 2.24) is 0 Å². The third kappa shape index (κ3) is 4.07. The SMILES string of the molecule is COP(=O)(COC(=O)CCl)OC. The summed E-state index contributed by atoms with van der Waals surface area (Å²) in [5.74, 6) is -0.945. The van der Waals surface area contributed by atoms with Gasteiger partial charge in [-0.2, -0.15) is 0 Å². The van der Waals surface area contributed by atoms with Crippen molar-refractivity contribution in [3.8, 4) is 0 Å². The molecule has 0 bridgehead atoms. The minimum absolute atomic E-state index is 0.284. The van der Waals surface area contributed by atoms with E-state index in [1.807, 2.05) is 0 Å². The van der Waals surface area contributed by atoms with Crippen LogP contribution in [-0.2, 0) is 23.1 Å². The van der Waals surface area contributed by atoms with E-state index in [0.29, 0.717) is 0 Å². The normalized spacial score (nSPS) is 11.2. The molecular weight excluding hydrogens is 206 g/mol. The minimum Gasteiger partial charge on any atom is -0.452 e. The summed E-state index contributed by atoms with van der Waals surface area (Å²) in [4.78, 5) is 10.5. The van der Waals surface area contributed by atoms with Crippen LogP contribution in [0.15, 0.2) is 0 Å². The predicted molar refractivity (Wildman–Crippen MR) is 43.3 cm³/mol. The summed E-state index contributed by atoms with van der Waals surface area (Å²) in [5.41, 5.74) is 0. The number of rotatable bonds is 5. The van der Waals surface area contributed by atoms with Crippen molar-refractivity contribution in [3.63, 3.8) is 0 Å². The standard InChI is InChI=1S/C5H10ClO5P/c1-9-12(8,10-2)4-11-5(7)3-6/h3-4H2,1-2H3. The van der Waals surface area contributed by atoms with Gasteiger partial charge in [0.2, 0.25) is 0 Å². The van der Waals surface area contributed by atoms with E-state index in [1.54, 1.807) is 0 Å². The molecule has 0 atom stereocenters. The Balaban J connectivity index is 3.89. The molecule has 5 nitrogen and oxygen atoms in total. The summed E-state index contributed by atoms with van der Waals surface area (Å²) in [6.07, 6.45) is -0.411. The molecule has 0 aromatic heterocycles. The van der Waals surface area contributed by atoms with E-state index in [1.165, 1.54) is 14.2 Å². The van der Waals surface area contributed by atoms with Crippen LogP contribution in [-0.4, -0.2) is 32.4 Å². The number of carbonyl (C=O) groups is 1. The summed E-state index contributed by atoms with van der Waals surface area (Å²) >= 11 is 5.12. The summed E-state index contributed by atoms with van der Waals surface area (Å²) in [7, 11) is -0.836. The molecule has 0 aliphatic carbocycles. The first-order valence-corrected chi connectivity index (χ1v) is 5.26. The molecule has 0 aliphatic rings. The first-order valence-electron chi connectivity index (χ1n) is 3.00. The van der Waals surface area contributed by atoms with Crippen molar-refractivity contribution in [2.24, 2.45) is 0 Å². The van der Waals surface area contributed by atoms with Crippen molar-refractivity contribution in [2.45, 2.75) is 0 Å². The lowest BCUT2D eigenvalue weighted by Crippen LogP contribution is -2.08. The second-order valence-electron chi connectivity index (χ2n) is 1.76. The van der Waals surface area contributed by atoms with Gasteiger partial charge in [-0.3, -0.25) is 9.36 Å². The van der Waals surface area contributed by atoms with Crippen LogP contribution in [0.25, 0.3) is 0 Å². The van der Waals surface area contributed by atoms with Crippen LogP contribution in [0.2, 0.25) is 0 Å². The van der Waals surface area contributed by atoms with Crippen LogP contribution < -0.4 is 0 Å². The smallest absolute Gasteiger partial charge is 0.367 e. The van der Waals surface area contributed by atoms with Gasteiger partial charge in [0, 0.05) is 14.2 Å². The van der Waals surface area contributed by atoms with Gasteiger partial charge in [0.1, 0.15) is 5.88 Å². The Hall–Kier alpha value is -0.0900. The molecule has 0 aromatic rings. The summed E-state index contributed by atoms with van der Waals surface area (Å²) < 4.78 is 24.7. The largest absolute Gasteiger partial charge is 0.452 e. The molecule has 0 rings (SSSR count). The Labute approximate surface area is 75.5 Å². The molecule has 0 aliphatic heterocycles. The number of alkyl halides is 1. The third-order valence-electron chi connectivity index (χ3n) is 1.05. The van der Waals surface area contributed by atoms with E-state index in [4.69, 9.17) is 11.6 Å². The van der Waals surface area contributed by atoms with Crippen LogP contribution in [0.3, 0.4) is 0 Å². The van der Waals surface area contributed by atoms with E-state index < -0.39 is 19.9 Å². The van der Waals surface area contributed by atoms with Gasteiger partial charge in [-0.15, -0.1) is 11.6 Å². The van der Waals surface area contributed by atoms with Gasteiger partial charge in [-0.1, -0.05) is 0 Å². The van der Waals surface area contributed by atoms with Crippen LogP contribution >= 0.6 is 19.2 Å². The molecule has 0 saturated heterocycles. The van der Waals surface area contributed by atoms with Gasteiger partial charge in [-0.05, 0) is 0 Å². The molecule has 0 unspecified atom stereocenters. The molecule has 0 spiro atoms. The van der Waals surface area contributed by atoms with Gasteiger partial charge in [-0.25, -0.2) is 0 Å². The Morgan fingerprint density at radius 3 is 2.25 bits per heavy atom. The lowest BCUT2D eigenvalue weighted by Gasteiger charge is -2.12. The van der Waals surface area contributed by atoms with Gasteiger partial charge < -0.3 is 13.8 Å². The van der Waals surface area contributed by atoms with Crippen molar-refractivity contribution in [3.05, 3.63) is 0 Å². The lowest BCUT2D eigenvalue weighted by atomic mass is 10.8. The fourth-order valence-electron chi connectivity index (χ4n) is 0.370. The minimum atomic E-state index is -3.25. The molecule has 0 amide bonds. The lowest BCUT2D eigenvalue weighted by molar-refractivity contribution is -0.139. The topological polar surface area (TPSA) is 61.8 Å². The third-order valence-corrected chi connectivity index (χ3v) is 2.83. The first kappa shape index (κ1) is 11.9. The molecule has 12 heavy (non-hydrogen) atoms. The molecule has 0 saturated carbocycles. The highest BCUT2D eigenvalue weighted by Crippen LogP contribution is 2.45. The van der Waals surface area contributed by atoms with Gasteiger partial charge in [0.25, 0.3) is 0 Å². The fraction of sp³-hybridized carbons (Fsp3) is 0.800. The first-order chi connectivity index (χ1) is 5.58. The zero-order valence-electron chi connectivity index (χ0n) is 6.78. The van der Waals surface area contributed by atoms with Crippen molar-refractivity contribution < 1.29 is 23.1 Å². The quantitative estimate of drug-likeness (QED) is 0.393. The van der Waals surface area contributed by atoms with Crippen molar-refractivity contribution in [1.29, 1.82) is 0 Å². The maximum absolute atomic E-state index is 11.2. The number of carbonyl (C=O) groups excluding carboxylic acids is 1. The van der Waals surface area contributed by atoms with E-state index in [0.717, 1.165) is 0 Å². The molecule has 0 N–H and O–H groups in total. The number of esters is 1. The predicted octanol–water partition coefficient (Wildman–Crippen LogP) is 1.21. The molecule has 0 aromatic carbocycles. The highest BCUT2D eigenvalue weighted by atomic mass is 35.5. The number of halogens is 1. The van der Waals surface area contributed by atoms with Crippen LogP contribution in [0.5, 0.6) is 0 Å². The van der Waals surface area contributed by atoms with Crippen LogP contribution in [0.1, 0.15) is 0 Å². The summed E-state index contributed by atoms with van der Waals surface area (Å²) in [5, 5.41) is 0. The number of hydrogen-bond acceptors (Lipinski definition) is 5. The second kappa shape index (κ2) is 5.54. The molecule has 7 heteroatoms. The average molecular weight is 217 g/mol. The molecule has 0 fully saturated rings. The highest BCUT2D eigenvalue weighted by molar-refractivity contribution is 7.53. The van der Waals surface area contributed by atoms with Crippen molar-refractivity contribution in [2.75, 3.05) is 26.4 Å². The van der Waals surface area contributed by atoms with E-state index in [2.05, 4.69) is 13.8 Å². The summed E-state index contributed by atoms with van der Waals surface area (Å²) in [6.45, 7) is 0. The van der Waals surface area contributed by atoms with Crippen LogP contribution in [0, 0.1) is 0 Å². The maximum Gasteiger partial charge on any atom is 0.367 e. The molecular formula is C5H10ClO5P. The molecule has 72 valence electrons.